The summed E-state index contributed by atoms with van der Waals surface area (Å²) in [7, 11) is 1.60. The summed E-state index contributed by atoms with van der Waals surface area (Å²) in [6.07, 6.45) is 2.47. The molecule has 0 heterocycles. The highest BCUT2D eigenvalue weighted by atomic mass is 16.5. The average molecular weight is 235 g/mol. The lowest BCUT2D eigenvalue weighted by atomic mass is 9.81. The number of aromatic hydroxyl groups is 1. The third-order valence-corrected chi connectivity index (χ3v) is 3.56. The van der Waals surface area contributed by atoms with Gasteiger partial charge in [-0.05, 0) is 31.7 Å². The Balaban J connectivity index is 2.01. The molecule has 1 unspecified atom stereocenters. The van der Waals surface area contributed by atoms with Crippen molar-refractivity contribution in [2.45, 2.75) is 38.8 Å². The van der Waals surface area contributed by atoms with Crippen molar-refractivity contribution in [2.24, 2.45) is 5.92 Å². The van der Waals surface area contributed by atoms with E-state index in [9.17, 15) is 5.11 Å². The van der Waals surface area contributed by atoms with Gasteiger partial charge in [-0.15, -0.1) is 0 Å². The molecule has 1 aliphatic carbocycles. The molecule has 1 saturated carbocycles. The van der Waals surface area contributed by atoms with Crippen molar-refractivity contribution in [1.29, 1.82) is 0 Å². The fourth-order valence-electron chi connectivity index (χ4n) is 2.50. The van der Waals surface area contributed by atoms with E-state index < -0.39 is 0 Å². The topological polar surface area (TPSA) is 41.5 Å². The van der Waals surface area contributed by atoms with Crippen molar-refractivity contribution in [3.8, 4) is 11.5 Å². The maximum Gasteiger partial charge on any atom is 0.124 e. The summed E-state index contributed by atoms with van der Waals surface area (Å²) in [6.45, 7) is 4.36. The quantitative estimate of drug-likeness (QED) is 0.843. The van der Waals surface area contributed by atoms with Gasteiger partial charge in [-0.3, -0.25) is 0 Å². The first-order chi connectivity index (χ1) is 8.10. The lowest BCUT2D eigenvalue weighted by Crippen LogP contribution is -2.41. The molecule has 0 radical (unpaired) electrons. The Bertz CT molecular complexity index is 386. The summed E-state index contributed by atoms with van der Waals surface area (Å²) in [4.78, 5) is 0. The molecule has 0 amide bonds. The van der Waals surface area contributed by atoms with E-state index in [2.05, 4.69) is 19.2 Å². The fourth-order valence-corrected chi connectivity index (χ4v) is 2.50. The number of ether oxygens (including phenoxy) is 1. The van der Waals surface area contributed by atoms with Gasteiger partial charge in [-0.25, -0.2) is 0 Å². The minimum absolute atomic E-state index is 0.179. The highest BCUT2D eigenvalue weighted by molar-refractivity contribution is 5.41. The Morgan fingerprint density at radius 2 is 2.12 bits per heavy atom. The van der Waals surface area contributed by atoms with Crippen LogP contribution in [0.15, 0.2) is 18.2 Å². The highest BCUT2D eigenvalue weighted by Crippen LogP contribution is 2.32. The number of methoxy groups -OCH3 is 1. The van der Waals surface area contributed by atoms with Gasteiger partial charge in [-0.2, -0.15) is 0 Å². The number of hydrogen-bond donors (Lipinski definition) is 2. The molecule has 1 aromatic carbocycles. The van der Waals surface area contributed by atoms with Gasteiger partial charge in [0.1, 0.15) is 11.5 Å². The van der Waals surface area contributed by atoms with Gasteiger partial charge in [0, 0.05) is 23.7 Å². The van der Waals surface area contributed by atoms with Gasteiger partial charge in [0.05, 0.1) is 7.11 Å². The van der Waals surface area contributed by atoms with Crippen molar-refractivity contribution >= 4 is 0 Å². The number of hydrogen-bond acceptors (Lipinski definition) is 3. The van der Waals surface area contributed by atoms with Crippen molar-refractivity contribution in [3.05, 3.63) is 23.8 Å². The molecule has 0 bridgehead atoms. The molecule has 0 spiro atoms. The van der Waals surface area contributed by atoms with E-state index in [-0.39, 0.29) is 6.04 Å². The van der Waals surface area contributed by atoms with Crippen LogP contribution in [0.5, 0.6) is 11.5 Å². The summed E-state index contributed by atoms with van der Waals surface area (Å²) in [5, 5.41) is 13.5. The Labute approximate surface area is 103 Å². The predicted octanol–water partition coefficient (Wildman–Crippen LogP) is 2.85. The monoisotopic (exact) mass is 235 g/mol. The highest BCUT2D eigenvalue weighted by Gasteiger charge is 2.27. The van der Waals surface area contributed by atoms with E-state index in [1.54, 1.807) is 13.2 Å². The van der Waals surface area contributed by atoms with Crippen LogP contribution in [0, 0.1) is 5.92 Å². The second-order valence-electron chi connectivity index (χ2n) is 5.09. The summed E-state index contributed by atoms with van der Waals surface area (Å²) in [6, 6.07) is 6.25. The number of phenolic OH excluding ortho intramolecular Hbond substituents is 1. The molecular weight excluding hydrogens is 214 g/mol. The van der Waals surface area contributed by atoms with Crippen molar-refractivity contribution in [2.75, 3.05) is 7.11 Å². The molecular formula is C14H21NO2. The van der Waals surface area contributed by atoms with Crippen LogP contribution in [0.2, 0.25) is 0 Å². The molecule has 3 heteroatoms. The zero-order valence-electron chi connectivity index (χ0n) is 10.7. The number of nitrogens with one attached hydrogen (secondary N) is 1. The summed E-state index contributed by atoms with van der Waals surface area (Å²) in [5.74, 6) is 1.83. The molecule has 1 atom stereocenters. The summed E-state index contributed by atoms with van der Waals surface area (Å²) in [5.41, 5.74) is 0.936. The van der Waals surface area contributed by atoms with Crippen molar-refractivity contribution < 1.29 is 9.84 Å². The van der Waals surface area contributed by atoms with Crippen LogP contribution in [-0.4, -0.2) is 18.3 Å². The molecule has 0 aliphatic heterocycles. The predicted molar refractivity (Wildman–Crippen MR) is 68.4 cm³/mol. The van der Waals surface area contributed by atoms with E-state index in [4.69, 9.17) is 4.74 Å². The Hall–Kier alpha value is -1.22. The lowest BCUT2D eigenvalue weighted by Gasteiger charge is -2.35. The second kappa shape index (κ2) is 4.96. The fraction of sp³-hybridized carbons (Fsp3) is 0.571. The van der Waals surface area contributed by atoms with Crippen LogP contribution in [0.1, 0.15) is 38.3 Å². The van der Waals surface area contributed by atoms with E-state index in [0.717, 1.165) is 11.5 Å². The largest absolute Gasteiger partial charge is 0.507 e. The summed E-state index contributed by atoms with van der Waals surface area (Å²) >= 11 is 0. The number of benzene rings is 1. The first-order valence-electron chi connectivity index (χ1n) is 6.23. The molecule has 94 valence electrons. The minimum Gasteiger partial charge on any atom is -0.507 e. The van der Waals surface area contributed by atoms with Gasteiger partial charge < -0.3 is 15.2 Å². The maximum absolute atomic E-state index is 9.93. The third kappa shape index (κ3) is 2.72. The van der Waals surface area contributed by atoms with Gasteiger partial charge in [0.15, 0.2) is 0 Å². The molecule has 1 aliphatic rings. The van der Waals surface area contributed by atoms with Crippen molar-refractivity contribution in [1.82, 2.24) is 5.32 Å². The molecule has 0 saturated heterocycles. The van der Waals surface area contributed by atoms with E-state index in [1.807, 2.05) is 12.1 Å². The van der Waals surface area contributed by atoms with Crippen LogP contribution >= 0.6 is 0 Å². The van der Waals surface area contributed by atoms with E-state index in [1.165, 1.54) is 12.8 Å². The van der Waals surface area contributed by atoms with Crippen LogP contribution in [0.25, 0.3) is 0 Å². The SMILES string of the molecule is COc1ccc(C(C)NC2CC(C)C2)c(O)c1. The average Bonchev–Trinajstić information content (AvgIpc) is 2.26. The molecule has 2 rings (SSSR count). The third-order valence-electron chi connectivity index (χ3n) is 3.56. The van der Waals surface area contributed by atoms with E-state index in [0.29, 0.717) is 17.5 Å². The van der Waals surface area contributed by atoms with Gasteiger partial charge in [-0.1, -0.05) is 13.0 Å². The zero-order chi connectivity index (χ0) is 12.4. The van der Waals surface area contributed by atoms with Gasteiger partial charge in [0.25, 0.3) is 0 Å². The molecule has 17 heavy (non-hydrogen) atoms. The molecule has 1 fully saturated rings. The van der Waals surface area contributed by atoms with Crippen molar-refractivity contribution in [3.63, 3.8) is 0 Å². The first kappa shape index (κ1) is 12.2. The Morgan fingerprint density at radius 3 is 2.65 bits per heavy atom. The number of rotatable bonds is 4. The Kier molecular flexibility index (Phi) is 3.57. The first-order valence-corrected chi connectivity index (χ1v) is 6.23. The molecule has 2 N–H and O–H groups in total. The maximum atomic E-state index is 9.93. The minimum atomic E-state index is 0.179. The van der Waals surface area contributed by atoms with Crippen LogP contribution in [-0.2, 0) is 0 Å². The van der Waals surface area contributed by atoms with Crippen LogP contribution in [0.3, 0.4) is 0 Å². The number of phenols is 1. The van der Waals surface area contributed by atoms with Gasteiger partial charge in [0.2, 0.25) is 0 Å². The van der Waals surface area contributed by atoms with Crippen LogP contribution in [0.4, 0.5) is 0 Å². The van der Waals surface area contributed by atoms with Gasteiger partial charge >= 0.3 is 0 Å². The molecule has 1 aromatic rings. The normalized spacial score (nSPS) is 25.1. The molecule has 3 nitrogen and oxygen atoms in total. The van der Waals surface area contributed by atoms with E-state index >= 15 is 0 Å². The Morgan fingerprint density at radius 1 is 1.41 bits per heavy atom. The molecule has 0 aromatic heterocycles. The smallest absolute Gasteiger partial charge is 0.124 e. The standard InChI is InChI=1S/C14H21NO2/c1-9-6-11(7-9)15-10(2)13-5-4-12(17-3)8-14(13)16/h4-5,8-11,15-16H,6-7H2,1-3H3. The summed E-state index contributed by atoms with van der Waals surface area (Å²) < 4.78 is 5.08. The van der Waals surface area contributed by atoms with Crippen LogP contribution < -0.4 is 10.1 Å². The zero-order valence-corrected chi connectivity index (χ0v) is 10.7. The lowest BCUT2D eigenvalue weighted by molar-refractivity contribution is 0.225. The second-order valence-corrected chi connectivity index (χ2v) is 5.09.